The summed E-state index contributed by atoms with van der Waals surface area (Å²) in [5.41, 5.74) is 1.01. The lowest BCUT2D eigenvalue weighted by molar-refractivity contribution is -0.140. The molecule has 2 aliphatic rings. The van der Waals surface area contributed by atoms with Gasteiger partial charge in [0.15, 0.2) is 28.8 Å². The molecule has 2 aromatic rings. The van der Waals surface area contributed by atoms with Gasteiger partial charge in [0.1, 0.15) is 5.92 Å². The Bertz CT molecular complexity index is 1000. The second-order valence-corrected chi connectivity index (χ2v) is 7.20. The van der Waals surface area contributed by atoms with Crippen molar-refractivity contribution in [2.24, 2.45) is 11.8 Å². The third-order valence-corrected chi connectivity index (χ3v) is 5.43. The molecule has 164 valence electrons. The molecule has 2 aliphatic heterocycles. The van der Waals surface area contributed by atoms with E-state index in [1.165, 1.54) is 33.5 Å². The van der Waals surface area contributed by atoms with Gasteiger partial charge in [-0.2, -0.15) is 0 Å². The number of ketones is 1. The maximum Gasteiger partial charge on any atom is 0.317 e. The molecule has 1 fully saturated rings. The molecule has 0 spiro atoms. The second kappa shape index (κ2) is 8.25. The lowest BCUT2D eigenvalue weighted by Gasteiger charge is -2.17. The first-order valence-corrected chi connectivity index (χ1v) is 9.59. The van der Waals surface area contributed by atoms with E-state index < -0.39 is 23.6 Å². The van der Waals surface area contributed by atoms with Crippen LogP contribution in [0.2, 0.25) is 0 Å². The molecule has 2 aromatic carbocycles. The molecule has 31 heavy (non-hydrogen) atoms. The number of Topliss-reactive ketones (excluding diaryl/α,β-unsaturated/α-hetero) is 1. The van der Waals surface area contributed by atoms with E-state index in [1.54, 1.807) is 6.07 Å². The van der Waals surface area contributed by atoms with E-state index in [2.05, 4.69) is 0 Å². The molecule has 0 radical (unpaired) electrons. The second-order valence-electron chi connectivity index (χ2n) is 7.20. The molecule has 0 aliphatic carbocycles. The molecule has 1 N–H and O–H groups in total. The lowest BCUT2D eigenvalue weighted by atomic mass is 9.84. The van der Waals surface area contributed by atoms with Gasteiger partial charge in [0, 0.05) is 11.5 Å². The summed E-state index contributed by atoms with van der Waals surface area (Å²) >= 11 is 0. The Morgan fingerprint density at radius 1 is 1.00 bits per heavy atom. The zero-order chi connectivity index (χ0) is 22.1. The van der Waals surface area contributed by atoms with Crippen LogP contribution < -0.4 is 23.7 Å². The SMILES string of the molecule is COc1cc(C(=O)[C@@H]2C(=O)OC[C@H]2Cc2cc(OC)c3c(c2)OCO3)cc(OC)c1O. The highest BCUT2D eigenvalue weighted by molar-refractivity contribution is 6.10. The number of benzene rings is 2. The van der Waals surface area contributed by atoms with Crippen molar-refractivity contribution in [2.75, 3.05) is 34.7 Å². The number of rotatable bonds is 7. The maximum absolute atomic E-state index is 13.3. The summed E-state index contributed by atoms with van der Waals surface area (Å²) in [5, 5.41) is 10.1. The number of hydrogen-bond donors (Lipinski definition) is 1. The van der Waals surface area contributed by atoms with Crippen molar-refractivity contribution >= 4 is 11.8 Å². The van der Waals surface area contributed by atoms with Crippen molar-refractivity contribution < 1.29 is 43.1 Å². The Morgan fingerprint density at radius 2 is 1.68 bits per heavy atom. The van der Waals surface area contributed by atoms with Gasteiger partial charge in [-0.3, -0.25) is 9.59 Å². The molecule has 9 heteroatoms. The van der Waals surface area contributed by atoms with Crippen molar-refractivity contribution in [1.29, 1.82) is 0 Å². The highest BCUT2D eigenvalue weighted by Crippen LogP contribution is 2.43. The fourth-order valence-electron chi connectivity index (χ4n) is 3.89. The number of aromatic hydroxyl groups is 1. The van der Waals surface area contributed by atoms with E-state index in [0.29, 0.717) is 23.7 Å². The summed E-state index contributed by atoms with van der Waals surface area (Å²) in [4.78, 5) is 25.7. The van der Waals surface area contributed by atoms with Crippen LogP contribution in [-0.2, 0) is 16.0 Å². The van der Waals surface area contributed by atoms with Crippen molar-refractivity contribution in [3.8, 4) is 34.5 Å². The van der Waals surface area contributed by atoms with Gasteiger partial charge in [-0.05, 0) is 36.2 Å². The molecular formula is C22H22O9. The summed E-state index contributed by atoms with van der Waals surface area (Å²) in [6.45, 7) is 0.212. The third kappa shape index (κ3) is 3.67. The first-order valence-electron chi connectivity index (χ1n) is 9.59. The van der Waals surface area contributed by atoms with E-state index in [1.807, 2.05) is 6.07 Å². The molecule has 0 amide bonds. The van der Waals surface area contributed by atoms with E-state index >= 15 is 0 Å². The summed E-state index contributed by atoms with van der Waals surface area (Å²) in [6, 6.07) is 6.37. The monoisotopic (exact) mass is 430 g/mol. The van der Waals surface area contributed by atoms with E-state index in [9.17, 15) is 14.7 Å². The van der Waals surface area contributed by atoms with Crippen LogP contribution >= 0.6 is 0 Å². The van der Waals surface area contributed by atoms with Gasteiger partial charge in [0.05, 0.1) is 27.9 Å². The predicted octanol–water partition coefficient (Wildman–Crippen LogP) is 2.36. The average molecular weight is 430 g/mol. The van der Waals surface area contributed by atoms with Crippen molar-refractivity contribution in [1.82, 2.24) is 0 Å². The number of esters is 1. The number of ether oxygens (including phenoxy) is 6. The van der Waals surface area contributed by atoms with Gasteiger partial charge in [-0.15, -0.1) is 0 Å². The number of phenols is 1. The molecule has 1 saturated heterocycles. The average Bonchev–Trinajstić information content (AvgIpc) is 3.39. The van der Waals surface area contributed by atoms with Gasteiger partial charge in [-0.1, -0.05) is 0 Å². The van der Waals surface area contributed by atoms with Crippen molar-refractivity contribution in [3.05, 3.63) is 35.4 Å². The quantitative estimate of drug-likeness (QED) is 0.402. The highest BCUT2D eigenvalue weighted by Gasteiger charge is 2.43. The van der Waals surface area contributed by atoms with Crippen molar-refractivity contribution in [2.45, 2.75) is 6.42 Å². The van der Waals surface area contributed by atoms with Gasteiger partial charge >= 0.3 is 5.97 Å². The zero-order valence-electron chi connectivity index (χ0n) is 17.3. The van der Waals surface area contributed by atoms with Crippen LogP contribution in [0.1, 0.15) is 15.9 Å². The number of methoxy groups -OCH3 is 3. The first-order chi connectivity index (χ1) is 15.0. The van der Waals surface area contributed by atoms with Crippen LogP contribution in [0.5, 0.6) is 34.5 Å². The minimum absolute atomic E-state index is 0.0751. The highest BCUT2D eigenvalue weighted by atomic mass is 16.7. The lowest BCUT2D eigenvalue weighted by Crippen LogP contribution is -2.27. The Balaban J connectivity index is 1.63. The molecular weight excluding hydrogens is 408 g/mol. The molecule has 2 atom stereocenters. The minimum atomic E-state index is -1.00. The van der Waals surface area contributed by atoms with Gasteiger partial charge < -0.3 is 33.5 Å². The van der Waals surface area contributed by atoms with E-state index in [0.717, 1.165) is 5.56 Å². The fourth-order valence-corrected chi connectivity index (χ4v) is 3.89. The third-order valence-electron chi connectivity index (χ3n) is 5.43. The largest absolute Gasteiger partial charge is 0.502 e. The summed E-state index contributed by atoms with van der Waals surface area (Å²) in [6.07, 6.45) is 0.390. The van der Waals surface area contributed by atoms with Gasteiger partial charge in [-0.25, -0.2) is 0 Å². The Morgan fingerprint density at radius 3 is 2.32 bits per heavy atom. The van der Waals surface area contributed by atoms with E-state index in [4.69, 9.17) is 28.4 Å². The predicted molar refractivity (Wildman–Crippen MR) is 106 cm³/mol. The number of carbonyl (C=O) groups is 2. The number of phenolic OH excluding ortho intramolecular Hbond substituents is 1. The molecule has 0 aromatic heterocycles. The fraction of sp³-hybridized carbons (Fsp3) is 0.364. The van der Waals surface area contributed by atoms with Crippen LogP contribution in [0.3, 0.4) is 0 Å². The summed E-state index contributed by atoms with van der Waals surface area (Å²) < 4.78 is 31.7. The Hall–Kier alpha value is -3.62. The van der Waals surface area contributed by atoms with Gasteiger partial charge in [0.2, 0.25) is 18.3 Å². The first kappa shape index (κ1) is 20.6. The molecule has 4 rings (SSSR count). The summed E-state index contributed by atoms with van der Waals surface area (Å²) in [7, 11) is 4.26. The zero-order valence-corrected chi connectivity index (χ0v) is 17.3. The van der Waals surface area contributed by atoms with E-state index in [-0.39, 0.29) is 36.2 Å². The topological polar surface area (TPSA) is 110 Å². The minimum Gasteiger partial charge on any atom is -0.502 e. The summed E-state index contributed by atoms with van der Waals surface area (Å²) in [5.74, 6) is -0.893. The number of cyclic esters (lactones) is 1. The normalized spacial score (nSPS) is 19.1. The smallest absolute Gasteiger partial charge is 0.317 e. The number of fused-ring (bicyclic) bond motifs is 1. The molecule has 0 bridgehead atoms. The van der Waals surface area contributed by atoms with Crippen molar-refractivity contribution in [3.63, 3.8) is 0 Å². The standard InChI is InChI=1S/C22H22O9/c1-26-14-7-12(8-15(27-2)20(14)24)19(23)18-13(9-29-22(18)25)4-11-5-16(28-3)21-17(6-11)30-10-31-21/h5-8,13,18,24H,4,9-10H2,1-3H3/t13-,18-/m1/s1. The molecule has 9 nitrogen and oxygen atoms in total. The number of hydrogen-bond acceptors (Lipinski definition) is 9. The maximum atomic E-state index is 13.3. The molecule has 0 unspecified atom stereocenters. The molecule has 0 saturated carbocycles. The number of carbonyl (C=O) groups excluding carboxylic acids is 2. The van der Waals surface area contributed by atoms with Crippen LogP contribution in [0, 0.1) is 11.8 Å². The Labute approximate surface area is 178 Å². The molecule has 2 heterocycles. The van der Waals surface area contributed by atoms with Crippen LogP contribution in [0.4, 0.5) is 0 Å². The van der Waals surface area contributed by atoms with Gasteiger partial charge in [0.25, 0.3) is 0 Å². The van der Waals surface area contributed by atoms with Crippen LogP contribution in [0.15, 0.2) is 24.3 Å². The van der Waals surface area contributed by atoms with Crippen LogP contribution in [-0.4, -0.2) is 51.6 Å². The Kier molecular flexibility index (Phi) is 5.50. The van der Waals surface area contributed by atoms with Crippen LogP contribution in [0.25, 0.3) is 0 Å².